The van der Waals surface area contributed by atoms with Crippen LogP contribution in [-0.4, -0.2) is 36.2 Å². The van der Waals surface area contributed by atoms with Gasteiger partial charge in [0.2, 0.25) is 0 Å². The minimum Gasteiger partial charge on any atom is -0.444 e. The molecule has 1 aromatic carbocycles. The van der Waals surface area contributed by atoms with Crippen LogP contribution in [0.25, 0.3) is 0 Å². The second-order valence-corrected chi connectivity index (χ2v) is 7.97. The van der Waals surface area contributed by atoms with Crippen LogP contribution in [0.5, 0.6) is 0 Å². The topological polar surface area (TPSA) is 78.8 Å². The van der Waals surface area contributed by atoms with E-state index in [0.717, 1.165) is 41.7 Å². The maximum absolute atomic E-state index is 12.2. The van der Waals surface area contributed by atoms with Gasteiger partial charge in [-0.3, -0.25) is 4.99 Å². The Morgan fingerprint density at radius 2 is 2.11 bits per heavy atom. The summed E-state index contributed by atoms with van der Waals surface area (Å²) in [4.78, 5) is 23.8. The minimum atomic E-state index is -0.509. The molecule has 6 heteroatoms. The molecule has 148 valence electrons. The Morgan fingerprint density at radius 3 is 2.79 bits per heavy atom. The number of rotatable bonds is 4. The van der Waals surface area contributed by atoms with E-state index in [0.29, 0.717) is 5.82 Å². The van der Waals surface area contributed by atoms with Crippen molar-refractivity contribution in [1.82, 2.24) is 10.3 Å². The number of aryl methyl sites for hydroxylation is 1. The number of alkyl carbamates (subject to hydrolysis) is 1. The Morgan fingerprint density at radius 1 is 1.32 bits per heavy atom. The molecular formula is C22H28N4O2. The summed E-state index contributed by atoms with van der Waals surface area (Å²) in [5, 5.41) is 3.02. The lowest BCUT2D eigenvalue weighted by molar-refractivity contribution is 0.0498. The fraction of sp³-hybridized carbons (Fsp3) is 0.409. The number of H-pyrrole nitrogens is 1. The predicted molar refractivity (Wildman–Crippen MR) is 113 cm³/mol. The van der Waals surface area contributed by atoms with Crippen molar-refractivity contribution in [3.8, 4) is 0 Å². The number of carbonyl (C=O) groups excluding carboxylic acids is 1. The van der Waals surface area contributed by atoms with E-state index in [4.69, 9.17) is 4.74 Å². The highest BCUT2D eigenvalue weighted by atomic mass is 16.6. The lowest BCUT2D eigenvalue weighted by Crippen LogP contribution is -2.36. The van der Waals surface area contributed by atoms with Gasteiger partial charge in [-0.05, 0) is 70.0 Å². The number of ether oxygens (including phenoxy) is 1. The number of hydrogen-bond acceptors (Lipinski definition) is 4. The highest BCUT2D eigenvalue weighted by Crippen LogP contribution is 2.32. The number of carbonyl (C=O) groups is 1. The SMILES string of the molecule is C=Nc1[nH]ccc1C(=NC)c1ccc2c(c1)CCCC2NC(=O)OC(C)(C)C. The summed E-state index contributed by atoms with van der Waals surface area (Å²) in [6, 6.07) is 8.23. The van der Waals surface area contributed by atoms with E-state index >= 15 is 0 Å². The fourth-order valence-electron chi connectivity index (χ4n) is 3.65. The molecule has 0 aliphatic heterocycles. The molecule has 2 N–H and O–H groups in total. The highest BCUT2D eigenvalue weighted by molar-refractivity contribution is 6.15. The number of aromatic nitrogens is 1. The van der Waals surface area contributed by atoms with Gasteiger partial charge < -0.3 is 15.0 Å². The summed E-state index contributed by atoms with van der Waals surface area (Å²) in [6.45, 7) is 9.22. The summed E-state index contributed by atoms with van der Waals surface area (Å²) >= 11 is 0. The monoisotopic (exact) mass is 380 g/mol. The van der Waals surface area contributed by atoms with E-state index in [9.17, 15) is 4.79 Å². The molecule has 0 fully saturated rings. The van der Waals surface area contributed by atoms with Crippen LogP contribution in [-0.2, 0) is 11.2 Å². The van der Waals surface area contributed by atoms with Crippen LogP contribution < -0.4 is 5.32 Å². The molecule has 1 aromatic heterocycles. The molecular weight excluding hydrogens is 352 g/mol. The Balaban J connectivity index is 1.86. The highest BCUT2D eigenvalue weighted by Gasteiger charge is 2.25. The zero-order valence-electron chi connectivity index (χ0n) is 17.0. The average molecular weight is 380 g/mol. The van der Waals surface area contributed by atoms with Crippen LogP contribution in [0.2, 0.25) is 0 Å². The van der Waals surface area contributed by atoms with E-state index in [1.807, 2.05) is 33.0 Å². The van der Waals surface area contributed by atoms with Crippen molar-refractivity contribution in [2.24, 2.45) is 9.98 Å². The molecule has 0 saturated heterocycles. The quantitative estimate of drug-likeness (QED) is 0.753. The molecule has 6 nitrogen and oxygen atoms in total. The number of nitrogens with one attached hydrogen (secondary N) is 2. The molecule has 1 aliphatic rings. The standard InChI is InChI=1S/C22H28N4O2/c1-22(2,3)28-21(27)26-18-8-6-7-14-13-15(9-10-16(14)18)19(23-4)17-11-12-25-20(17)24-5/h9-13,18,25H,5-8H2,1-4H3,(H,26,27). The fourth-order valence-corrected chi connectivity index (χ4v) is 3.65. The smallest absolute Gasteiger partial charge is 0.408 e. The first-order valence-corrected chi connectivity index (χ1v) is 9.56. The molecule has 1 heterocycles. The normalized spacial score (nSPS) is 17.0. The summed E-state index contributed by atoms with van der Waals surface area (Å²) in [5.41, 5.74) is 4.70. The van der Waals surface area contributed by atoms with E-state index in [2.05, 4.69) is 45.2 Å². The summed E-state index contributed by atoms with van der Waals surface area (Å²) in [5.74, 6) is 0.711. The van der Waals surface area contributed by atoms with E-state index in [1.165, 1.54) is 5.56 Å². The van der Waals surface area contributed by atoms with Gasteiger partial charge in [0, 0.05) is 24.4 Å². The first-order valence-electron chi connectivity index (χ1n) is 9.56. The van der Waals surface area contributed by atoms with Crippen molar-refractivity contribution in [3.05, 3.63) is 52.7 Å². The Kier molecular flexibility index (Phi) is 5.68. The van der Waals surface area contributed by atoms with Crippen LogP contribution in [0, 0.1) is 0 Å². The van der Waals surface area contributed by atoms with Crippen LogP contribution in [0.15, 0.2) is 40.4 Å². The maximum atomic E-state index is 12.2. The third-order valence-corrected chi connectivity index (χ3v) is 4.78. The summed E-state index contributed by atoms with van der Waals surface area (Å²) in [7, 11) is 1.78. The lowest BCUT2D eigenvalue weighted by atomic mass is 9.85. The average Bonchev–Trinajstić information content (AvgIpc) is 3.09. The van der Waals surface area contributed by atoms with Crippen molar-refractivity contribution in [2.75, 3.05) is 7.05 Å². The third kappa shape index (κ3) is 4.32. The first-order chi connectivity index (χ1) is 13.3. The zero-order valence-corrected chi connectivity index (χ0v) is 17.0. The molecule has 2 aromatic rings. The number of hydrogen-bond donors (Lipinski definition) is 2. The molecule has 1 unspecified atom stereocenters. The molecule has 1 aliphatic carbocycles. The van der Waals surface area contributed by atoms with Gasteiger partial charge in [-0.1, -0.05) is 12.1 Å². The molecule has 0 spiro atoms. The van der Waals surface area contributed by atoms with Crippen molar-refractivity contribution in [2.45, 2.75) is 51.7 Å². The third-order valence-electron chi connectivity index (χ3n) is 4.78. The first kappa shape index (κ1) is 19.9. The van der Waals surface area contributed by atoms with Crippen LogP contribution in [0.3, 0.4) is 0 Å². The molecule has 0 bridgehead atoms. The van der Waals surface area contributed by atoms with Gasteiger partial charge in [0.05, 0.1) is 11.8 Å². The number of fused-ring (bicyclic) bond motifs is 1. The van der Waals surface area contributed by atoms with E-state index in [1.54, 1.807) is 7.05 Å². The number of amides is 1. The number of aliphatic imine (C=N–C) groups is 2. The van der Waals surface area contributed by atoms with Crippen molar-refractivity contribution in [3.63, 3.8) is 0 Å². The van der Waals surface area contributed by atoms with Gasteiger partial charge in [0.15, 0.2) is 0 Å². The van der Waals surface area contributed by atoms with Crippen LogP contribution >= 0.6 is 0 Å². The molecule has 28 heavy (non-hydrogen) atoms. The van der Waals surface area contributed by atoms with Gasteiger partial charge in [-0.25, -0.2) is 9.79 Å². The largest absolute Gasteiger partial charge is 0.444 e. The molecule has 1 amide bonds. The number of aromatic amines is 1. The Bertz CT molecular complexity index is 906. The van der Waals surface area contributed by atoms with Gasteiger partial charge in [-0.2, -0.15) is 0 Å². The Labute approximate surface area is 166 Å². The van der Waals surface area contributed by atoms with E-state index in [-0.39, 0.29) is 12.1 Å². The zero-order chi connectivity index (χ0) is 20.3. The number of nitrogens with zero attached hydrogens (tertiary/aromatic N) is 2. The van der Waals surface area contributed by atoms with Gasteiger partial charge >= 0.3 is 6.09 Å². The van der Waals surface area contributed by atoms with Crippen molar-refractivity contribution >= 4 is 24.3 Å². The van der Waals surface area contributed by atoms with Crippen molar-refractivity contribution < 1.29 is 9.53 Å². The van der Waals surface area contributed by atoms with Gasteiger partial charge in [0.25, 0.3) is 0 Å². The van der Waals surface area contributed by atoms with Gasteiger partial charge in [-0.15, -0.1) is 0 Å². The van der Waals surface area contributed by atoms with E-state index < -0.39 is 5.60 Å². The second kappa shape index (κ2) is 8.00. The molecule has 0 radical (unpaired) electrons. The minimum absolute atomic E-state index is 0.0349. The van der Waals surface area contributed by atoms with Crippen molar-refractivity contribution in [1.29, 1.82) is 0 Å². The van der Waals surface area contributed by atoms with Crippen LogP contribution in [0.1, 0.15) is 61.9 Å². The molecule has 0 saturated carbocycles. The number of benzene rings is 1. The molecule has 1 atom stereocenters. The lowest BCUT2D eigenvalue weighted by Gasteiger charge is -2.28. The Hall–Kier alpha value is -2.89. The predicted octanol–water partition coefficient (Wildman–Crippen LogP) is 4.72. The maximum Gasteiger partial charge on any atom is 0.408 e. The van der Waals surface area contributed by atoms with Gasteiger partial charge in [0.1, 0.15) is 11.4 Å². The molecule has 3 rings (SSSR count). The summed E-state index contributed by atoms with van der Waals surface area (Å²) < 4.78 is 5.42. The summed E-state index contributed by atoms with van der Waals surface area (Å²) in [6.07, 6.45) is 4.36. The second-order valence-electron chi connectivity index (χ2n) is 7.97. The van der Waals surface area contributed by atoms with Crippen LogP contribution in [0.4, 0.5) is 10.6 Å².